The Balaban J connectivity index is 2.03. The van der Waals surface area contributed by atoms with Crippen LogP contribution >= 0.6 is 0 Å². The maximum absolute atomic E-state index is 13.8. The summed E-state index contributed by atoms with van der Waals surface area (Å²) in [4.78, 5) is 34.4. The molecular formula is C31H42FN3O7S. The third-order valence-corrected chi connectivity index (χ3v) is 7.73. The number of rotatable bonds is 12. The van der Waals surface area contributed by atoms with Crippen LogP contribution in [0.1, 0.15) is 83.9 Å². The topological polar surface area (TPSA) is 125 Å². The second-order valence-corrected chi connectivity index (χ2v) is 13.9. The lowest BCUT2D eigenvalue weighted by atomic mass is 9.94. The average molecular weight is 620 g/mol. The summed E-state index contributed by atoms with van der Waals surface area (Å²) >= 11 is 0. The van der Waals surface area contributed by atoms with Crippen LogP contribution in [0.3, 0.4) is 0 Å². The highest BCUT2D eigenvalue weighted by molar-refractivity contribution is 7.92. The van der Waals surface area contributed by atoms with Crippen LogP contribution in [0.2, 0.25) is 0 Å². The number of hydrogen-bond acceptors (Lipinski definition) is 9. The molecule has 1 aromatic heterocycles. The molecule has 1 saturated heterocycles. The Bertz CT molecular complexity index is 1430. The molecule has 1 unspecified atom stereocenters. The molecule has 1 aliphatic heterocycles. The minimum Gasteiger partial charge on any atom is -0.469 e. The molecule has 1 fully saturated rings. The van der Waals surface area contributed by atoms with E-state index in [1.165, 1.54) is 25.3 Å². The van der Waals surface area contributed by atoms with Gasteiger partial charge in [0.25, 0.3) is 0 Å². The third kappa shape index (κ3) is 10.4. The number of benzene rings is 1. The van der Waals surface area contributed by atoms with E-state index in [1.54, 1.807) is 32.9 Å². The van der Waals surface area contributed by atoms with Gasteiger partial charge in [-0.05, 0) is 70.2 Å². The summed E-state index contributed by atoms with van der Waals surface area (Å²) in [6, 6.07) is 5.76. The van der Waals surface area contributed by atoms with Crippen molar-refractivity contribution in [2.24, 2.45) is 0 Å². The fourth-order valence-electron chi connectivity index (χ4n) is 4.49. The molecule has 2 aromatic rings. The Labute approximate surface area is 253 Å². The normalized spacial score (nSPS) is 16.2. The van der Waals surface area contributed by atoms with Crippen LogP contribution in [-0.2, 0) is 40.2 Å². The molecule has 10 nitrogen and oxygen atoms in total. The zero-order valence-corrected chi connectivity index (χ0v) is 26.8. The molecular weight excluding hydrogens is 577 g/mol. The first-order valence-corrected chi connectivity index (χ1v) is 16.2. The number of sulfonamides is 1. The number of nitrogens with zero attached hydrogens (tertiary/aromatic N) is 3. The molecule has 236 valence electrons. The van der Waals surface area contributed by atoms with Gasteiger partial charge < -0.3 is 14.2 Å². The van der Waals surface area contributed by atoms with Crippen molar-refractivity contribution < 1.29 is 36.6 Å². The van der Waals surface area contributed by atoms with Gasteiger partial charge in [0.1, 0.15) is 23.6 Å². The number of carbonyl (C=O) groups is 2. The van der Waals surface area contributed by atoms with Gasteiger partial charge in [0, 0.05) is 37.1 Å². The van der Waals surface area contributed by atoms with Crippen molar-refractivity contribution in [1.29, 1.82) is 0 Å². The van der Waals surface area contributed by atoms with Crippen LogP contribution in [0.5, 0.6) is 0 Å². The monoisotopic (exact) mass is 619 g/mol. The highest BCUT2D eigenvalue weighted by Gasteiger charge is 2.25. The number of carbonyl (C=O) groups excluding carboxylic acids is 2. The van der Waals surface area contributed by atoms with Gasteiger partial charge in [-0.2, -0.15) is 0 Å². The molecule has 12 heteroatoms. The van der Waals surface area contributed by atoms with E-state index in [0.717, 1.165) is 23.4 Å². The average Bonchev–Trinajstić information content (AvgIpc) is 2.90. The van der Waals surface area contributed by atoms with Crippen LogP contribution in [0.4, 0.5) is 10.3 Å². The van der Waals surface area contributed by atoms with Gasteiger partial charge in [-0.3, -0.25) is 9.59 Å². The van der Waals surface area contributed by atoms with Crippen molar-refractivity contribution in [1.82, 2.24) is 9.97 Å². The smallest absolute Gasteiger partial charge is 0.314 e. The molecule has 0 radical (unpaired) electrons. The Morgan fingerprint density at radius 3 is 2.40 bits per heavy atom. The standard InChI is InChI=1S/C31H42FN3O7S/c1-20(2)28-25(29(21-11-13-22(32)14-12-21)34-30(33-28)35(6)43(7,38)39)16-15-24(41-27-10-8-9-17-40-27)18-23(36)19-26(37)42-31(3,4)5/h11-14,18,20,27H,8-10,15-17,19H2,1-7H3. The van der Waals surface area contributed by atoms with Crippen molar-refractivity contribution in [3.05, 3.63) is 53.2 Å². The van der Waals surface area contributed by atoms with Crippen molar-refractivity contribution in [2.75, 3.05) is 24.2 Å². The van der Waals surface area contributed by atoms with E-state index < -0.39 is 45.9 Å². The Hall–Kier alpha value is -3.38. The number of halogens is 1. The van der Waals surface area contributed by atoms with Gasteiger partial charge >= 0.3 is 5.97 Å². The second kappa shape index (κ2) is 14.4. The highest BCUT2D eigenvalue weighted by atomic mass is 32.2. The van der Waals surface area contributed by atoms with Crippen LogP contribution in [-0.4, -0.2) is 61.9 Å². The predicted octanol–water partition coefficient (Wildman–Crippen LogP) is 5.46. The highest BCUT2D eigenvalue weighted by Crippen LogP contribution is 2.32. The number of aromatic nitrogens is 2. The summed E-state index contributed by atoms with van der Waals surface area (Å²) in [5.41, 5.74) is 1.60. The predicted molar refractivity (Wildman–Crippen MR) is 161 cm³/mol. The van der Waals surface area contributed by atoms with Crippen molar-refractivity contribution in [3.63, 3.8) is 0 Å². The molecule has 1 atom stereocenters. The van der Waals surface area contributed by atoms with Gasteiger partial charge in [0.05, 0.1) is 24.3 Å². The molecule has 0 spiro atoms. The SMILES string of the molecule is CC(C)c1nc(N(C)S(C)(=O)=O)nc(-c2ccc(F)cc2)c1CCC(=CC(=O)CC(=O)OC(C)(C)C)OC1CCCCO1. The summed E-state index contributed by atoms with van der Waals surface area (Å²) in [5, 5.41) is 0. The summed E-state index contributed by atoms with van der Waals surface area (Å²) in [7, 11) is -2.29. The molecule has 0 saturated carbocycles. The summed E-state index contributed by atoms with van der Waals surface area (Å²) < 4.78 is 56.7. The van der Waals surface area contributed by atoms with Crippen LogP contribution in [0, 0.1) is 5.82 Å². The van der Waals surface area contributed by atoms with E-state index in [2.05, 4.69) is 9.97 Å². The van der Waals surface area contributed by atoms with E-state index in [-0.39, 0.29) is 18.3 Å². The van der Waals surface area contributed by atoms with Gasteiger partial charge in [0.2, 0.25) is 16.0 Å². The quantitative estimate of drug-likeness (QED) is 0.132. The maximum atomic E-state index is 13.8. The zero-order chi connectivity index (χ0) is 31.9. The molecule has 0 aliphatic carbocycles. The number of esters is 1. The van der Waals surface area contributed by atoms with E-state index in [0.29, 0.717) is 47.7 Å². The van der Waals surface area contributed by atoms with Gasteiger partial charge in [-0.1, -0.05) is 13.8 Å². The van der Waals surface area contributed by atoms with E-state index in [1.807, 2.05) is 13.8 Å². The molecule has 0 amide bonds. The van der Waals surface area contributed by atoms with E-state index in [9.17, 15) is 22.4 Å². The summed E-state index contributed by atoms with van der Waals surface area (Å²) in [5.74, 6) is -1.34. The fourth-order valence-corrected chi connectivity index (χ4v) is 4.86. The summed E-state index contributed by atoms with van der Waals surface area (Å²) in [6.07, 6.45) is 4.43. The third-order valence-electron chi connectivity index (χ3n) is 6.57. The lowest BCUT2D eigenvalue weighted by Gasteiger charge is -2.25. The van der Waals surface area contributed by atoms with Gasteiger partial charge in [0.15, 0.2) is 12.1 Å². The first-order valence-electron chi connectivity index (χ1n) is 14.4. The summed E-state index contributed by atoms with van der Waals surface area (Å²) in [6.45, 7) is 9.58. The minimum absolute atomic E-state index is 0.00978. The van der Waals surface area contributed by atoms with E-state index >= 15 is 0 Å². The van der Waals surface area contributed by atoms with Crippen LogP contribution < -0.4 is 4.31 Å². The van der Waals surface area contributed by atoms with Gasteiger partial charge in [-0.15, -0.1) is 0 Å². The molecule has 3 rings (SSSR count). The maximum Gasteiger partial charge on any atom is 0.314 e. The van der Waals surface area contributed by atoms with Crippen LogP contribution in [0.25, 0.3) is 11.3 Å². The number of anilines is 1. The molecule has 43 heavy (non-hydrogen) atoms. The lowest BCUT2D eigenvalue weighted by Crippen LogP contribution is -2.28. The largest absolute Gasteiger partial charge is 0.469 e. The van der Waals surface area contributed by atoms with E-state index in [4.69, 9.17) is 14.2 Å². The number of hydrogen-bond donors (Lipinski definition) is 0. The fraction of sp³-hybridized carbons (Fsp3) is 0.548. The zero-order valence-electron chi connectivity index (χ0n) is 26.0. The number of ketones is 1. The molecule has 2 heterocycles. The van der Waals surface area contributed by atoms with Crippen molar-refractivity contribution >= 4 is 27.7 Å². The minimum atomic E-state index is -3.66. The Kier molecular flexibility index (Phi) is 11.4. The Morgan fingerprint density at radius 2 is 1.84 bits per heavy atom. The van der Waals surface area contributed by atoms with Crippen molar-refractivity contribution in [2.45, 2.75) is 91.0 Å². The first-order chi connectivity index (χ1) is 20.0. The molecule has 1 aromatic carbocycles. The molecule has 0 bridgehead atoms. The second-order valence-electron chi connectivity index (χ2n) is 11.9. The lowest BCUT2D eigenvalue weighted by molar-refractivity contribution is -0.155. The molecule has 0 N–H and O–H groups in total. The molecule has 1 aliphatic rings. The van der Waals surface area contributed by atoms with Crippen LogP contribution in [0.15, 0.2) is 36.1 Å². The number of allylic oxidation sites excluding steroid dienone is 2. The first kappa shape index (κ1) is 34.1. The van der Waals surface area contributed by atoms with Gasteiger partial charge in [-0.25, -0.2) is 27.1 Å². The Morgan fingerprint density at radius 1 is 1.16 bits per heavy atom. The van der Waals surface area contributed by atoms with Crippen molar-refractivity contribution in [3.8, 4) is 11.3 Å². The number of ether oxygens (including phenoxy) is 3.